The maximum absolute atomic E-state index is 5.41. The molecule has 4 unspecified atom stereocenters. The summed E-state index contributed by atoms with van der Waals surface area (Å²) < 4.78 is 0. The van der Waals surface area contributed by atoms with E-state index in [0.717, 1.165) is 58.5 Å². The molecule has 0 saturated heterocycles. The molecule has 8 nitrogen and oxygen atoms in total. The number of rotatable bonds is 5. The Morgan fingerprint density at radius 2 is 0.981 bits per heavy atom. The van der Waals surface area contributed by atoms with Gasteiger partial charge in [0.25, 0.3) is 0 Å². The van der Waals surface area contributed by atoms with Gasteiger partial charge in [-0.05, 0) is 72.5 Å². The molecule has 0 bridgehead atoms. The van der Waals surface area contributed by atoms with Gasteiger partial charge in [0.15, 0.2) is 23.3 Å². The van der Waals surface area contributed by atoms with Crippen molar-refractivity contribution in [3.05, 3.63) is 157 Å². The summed E-state index contributed by atoms with van der Waals surface area (Å²) in [5.74, 6) is 3.66. The molecule has 4 aliphatic heterocycles. The van der Waals surface area contributed by atoms with Gasteiger partial charge >= 0.3 is 0 Å². The van der Waals surface area contributed by atoms with Crippen molar-refractivity contribution in [3.8, 4) is 0 Å². The number of fused-ring (bicyclic) bond motifs is 11. The van der Waals surface area contributed by atoms with Crippen LogP contribution in [0, 0.1) is 5.92 Å². The molecule has 0 aliphatic carbocycles. The van der Waals surface area contributed by atoms with Gasteiger partial charge in [-0.3, -0.25) is 0 Å². The van der Waals surface area contributed by atoms with Crippen molar-refractivity contribution >= 4 is 57.1 Å². The van der Waals surface area contributed by atoms with E-state index in [1.165, 1.54) is 22.5 Å². The average molecular weight is 691 g/mol. The van der Waals surface area contributed by atoms with Crippen molar-refractivity contribution in [1.82, 2.24) is 19.9 Å². The number of aromatic nitrogens is 4. The molecular formula is C45H38N8. The zero-order chi connectivity index (χ0) is 35.3. The highest BCUT2D eigenvalue weighted by Crippen LogP contribution is 2.66. The molecule has 0 spiro atoms. The van der Waals surface area contributed by atoms with E-state index < -0.39 is 0 Å². The van der Waals surface area contributed by atoms with Crippen LogP contribution in [0.1, 0.15) is 43.7 Å². The fraction of sp³-hybridized carbons (Fsp3) is 0.200. The van der Waals surface area contributed by atoms with Gasteiger partial charge in [-0.2, -0.15) is 0 Å². The second-order valence-electron chi connectivity index (χ2n) is 14.5. The van der Waals surface area contributed by atoms with Crippen molar-refractivity contribution in [3.63, 3.8) is 0 Å². The summed E-state index contributed by atoms with van der Waals surface area (Å²) in [4.78, 5) is 31.0. The minimum atomic E-state index is -0.205. The smallest absolute Gasteiger partial charge is 0.179 e. The molecule has 53 heavy (non-hydrogen) atoms. The first-order valence-corrected chi connectivity index (χ1v) is 18.8. The van der Waals surface area contributed by atoms with Crippen molar-refractivity contribution in [2.45, 2.75) is 50.4 Å². The van der Waals surface area contributed by atoms with Crippen LogP contribution in [0.2, 0.25) is 0 Å². The van der Waals surface area contributed by atoms with E-state index in [0.29, 0.717) is 0 Å². The normalized spacial score (nSPS) is 21.5. The molecule has 4 aliphatic rings. The maximum Gasteiger partial charge on any atom is 0.179 e. The summed E-state index contributed by atoms with van der Waals surface area (Å²) in [7, 11) is 0. The third-order valence-corrected chi connectivity index (χ3v) is 12.4. The average Bonchev–Trinajstić information content (AvgIpc) is 3.85. The first kappa shape index (κ1) is 30.4. The number of hydrogen-bond donors (Lipinski definition) is 0. The minimum Gasteiger partial charge on any atom is -0.302 e. The Labute approximate surface area is 309 Å². The molecule has 11 rings (SSSR count). The zero-order valence-corrected chi connectivity index (χ0v) is 29.7. The van der Waals surface area contributed by atoms with E-state index in [9.17, 15) is 0 Å². The Morgan fingerprint density at radius 1 is 0.491 bits per heavy atom. The maximum atomic E-state index is 5.41. The van der Waals surface area contributed by atoms with Gasteiger partial charge in [-0.1, -0.05) is 98.8 Å². The fourth-order valence-corrected chi connectivity index (χ4v) is 10.3. The Bertz CT molecular complexity index is 2480. The monoisotopic (exact) mass is 690 g/mol. The van der Waals surface area contributed by atoms with Crippen molar-refractivity contribution in [2.24, 2.45) is 5.92 Å². The van der Waals surface area contributed by atoms with Crippen LogP contribution in [0.25, 0.3) is 11.0 Å². The van der Waals surface area contributed by atoms with Gasteiger partial charge in [-0.15, -0.1) is 0 Å². The van der Waals surface area contributed by atoms with Gasteiger partial charge in [0.2, 0.25) is 0 Å². The Kier molecular flexibility index (Phi) is 6.51. The lowest BCUT2D eigenvalue weighted by atomic mass is 9.57. The Hall–Kier alpha value is -6.28. The number of para-hydroxylation sites is 6. The third-order valence-electron chi connectivity index (χ3n) is 12.4. The van der Waals surface area contributed by atoms with Crippen LogP contribution in [0.5, 0.6) is 0 Å². The Morgan fingerprint density at radius 3 is 1.62 bits per heavy atom. The molecule has 5 aromatic carbocycles. The van der Waals surface area contributed by atoms with Crippen LogP contribution in [-0.2, 0) is 5.41 Å². The second kappa shape index (κ2) is 11.4. The van der Waals surface area contributed by atoms with Crippen LogP contribution in [-0.4, -0.2) is 32.3 Å². The summed E-state index contributed by atoms with van der Waals surface area (Å²) in [6.45, 7) is 4.78. The van der Waals surface area contributed by atoms with Gasteiger partial charge in [0, 0.05) is 52.4 Å². The lowest BCUT2D eigenvalue weighted by molar-refractivity contribution is 0.158. The molecule has 2 aromatic heterocycles. The van der Waals surface area contributed by atoms with E-state index in [1.807, 2.05) is 18.5 Å². The lowest BCUT2D eigenvalue weighted by Crippen LogP contribution is -2.60. The molecule has 0 radical (unpaired) electrons. The highest BCUT2D eigenvalue weighted by atomic mass is 15.5. The predicted octanol–water partition coefficient (Wildman–Crippen LogP) is 10.1. The van der Waals surface area contributed by atoms with Crippen LogP contribution in [0.4, 0.5) is 46.0 Å². The van der Waals surface area contributed by atoms with Gasteiger partial charge < -0.3 is 19.6 Å². The number of nitrogens with zero attached hydrogens (tertiary/aromatic N) is 8. The van der Waals surface area contributed by atoms with Crippen LogP contribution < -0.4 is 19.6 Å². The van der Waals surface area contributed by atoms with Crippen molar-refractivity contribution in [1.29, 1.82) is 0 Å². The van der Waals surface area contributed by atoms with Gasteiger partial charge in [-0.25, -0.2) is 19.9 Å². The van der Waals surface area contributed by atoms with Crippen LogP contribution >= 0.6 is 0 Å². The molecule has 0 fully saturated rings. The van der Waals surface area contributed by atoms with Crippen LogP contribution in [0.3, 0.4) is 0 Å². The molecule has 4 atom stereocenters. The molecule has 0 amide bonds. The zero-order valence-electron chi connectivity index (χ0n) is 29.7. The summed E-state index contributed by atoms with van der Waals surface area (Å²) in [5.41, 5.74) is 8.91. The first-order valence-electron chi connectivity index (χ1n) is 18.8. The third kappa shape index (κ3) is 4.00. The minimum absolute atomic E-state index is 0.0202. The molecule has 7 aromatic rings. The van der Waals surface area contributed by atoms with Crippen molar-refractivity contribution < 1.29 is 0 Å². The van der Waals surface area contributed by atoms with E-state index >= 15 is 0 Å². The standard InChI is InChI=1S/C45H38N8/c1-3-45(4-2)32-22-12-16-26-36(32)53-40-39(46-27-28-47-40)50(29-17-7-5-8-18-29)44(53)38(45)37-31-21-11-15-25-35(31)52-42-41(48-33-23-13-14-24-34(33)49-42)51(43(37)52)30-19-9-6-10-20-30/h5-28,37-38,43-44H,3-4H2,1-2H3. The predicted molar refractivity (Wildman–Crippen MR) is 212 cm³/mol. The van der Waals surface area contributed by atoms with Gasteiger partial charge in [0.1, 0.15) is 12.3 Å². The fourth-order valence-electron chi connectivity index (χ4n) is 10.3. The number of hydrogen-bond acceptors (Lipinski definition) is 8. The second-order valence-corrected chi connectivity index (χ2v) is 14.5. The summed E-state index contributed by atoms with van der Waals surface area (Å²) in [6.07, 6.45) is 5.37. The summed E-state index contributed by atoms with van der Waals surface area (Å²) in [5, 5.41) is 0. The SMILES string of the molecule is CCC1(CC)c2ccccc2N2c3nccnc3N(c3ccccc3)C2C1C1c2ccccc2N2c3nc4ccccc4nc3N(c3ccccc3)C12. The van der Waals surface area contributed by atoms with E-state index in [4.69, 9.17) is 19.9 Å². The molecular weight excluding hydrogens is 653 g/mol. The molecule has 6 heterocycles. The number of benzene rings is 5. The van der Waals surface area contributed by atoms with Crippen LogP contribution in [0.15, 0.2) is 146 Å². The summed E-state index contributed by atoms with van der Waals surface area (Å²) in [6, 6.07) is 47.9. The largest absolute Gasteiger partial charge is 0.302 e. The topological polar surface area (TPSA) is 64.5 Å². The Balaban J connectivity index is 1.23. The molecule has 0 saturated carbocycles. The number of anilines is 8. The van der Waals surface area contributed by atoms with Crippen molar-refractivity contribution in [2.75, 3.05) is 19.6 Å². The van der Waals surface area contributed by atoms with Gasteiger partial charge in [0.05, 0.1) is 11.0 Å². The molecule has 8 heteroatoms. The quantitative estimate of drug-likeness (QED) is 0.177. The molecule has 0 N–H and O–H groups in total. The molecule has 258 valence electrons. The van der Waals surface area contributed by atoms with E-state index in [-0.39, 0.29) is 29.6 Å². The van der Waals surface area contributed by atoms with E-state index in [2.05, 4.69) is 161 Å². The highest BCUT2D eigenvalue weighted by Gasteiger charge is 2.64. The lowest BCUT2D eigenvalue weighted by Gasteiger charge is -2.56. The highest BCUT2D eigenvalue weighted by molar-refractivity contribution is 5.93. The first-order chi connectivity index (χ1) is 26.2. The summed E-state index contributed by atoms with van der Waals surface area (Å²) >= 11 is 0. The van der Waals surface area contributed by atoms with E-state index in [1.54, 1.807) is 0 Å².